The van der Waals surface area contributed by atoms with Crippen LogP contribution in [0.3, 0.4) is 0 Å². The predicted octanol–water partition coefficient (Wildman–Crippen LogP) is 4.21. The monoisotopic (exact) mass is 411 g/mol. The van der Waals surface area contributed by atoms with E-state index < -0.39 is 0 Å². The van der Waals surface area contributed by atoms with Gasteiger partial charge in [-0.15, -0.1) is 0 Å². The minimum atomic E-state index is -0.206. The molecule has 0 radical (unpaired) electrons. The molecule has 0 aliphatic carbocycles. The average molecular weight is 412 g/mol. The van der Waals surface area contributed by atoms with Crippen molar-refractivity contribution in [2.75, 3.05) is 39.1 Å². The highest BCUT2D eigenvalue weighted by molar-refractivity contribution is 5.93. The second-order valence-corrected chi connectivity index (χ2v) is 7.48. The van der Waals surface area contributed by atoms with Gasteiger partial charge in [0.05, 0.1) is 12.5 Å². The van der Waals surface area contributed by atoms with Crippen molar-refractivity contribution < 1.29 is 19.1 Å². The Bertz CT molecular complexity index is 850. The van der Waals surface area contributed by atoms with Crippen LogP contribution < -0.4 is 14.8 Å². The van der Waals surface area contributed by atoms with Gasteiger partial charge in [-0.25, -0.2) is 4.79 Å². The highest BCUT2D eigenvalue weighted by atomic mass is 16.5. The molecule has 7 heteroatoms. The van der Waals surface area contributed by atoms with Crippen molar-refractivity contribution >= 4 is 17.6 Å². The molecule has 3 amide bonds. The highest BCUT2D eigenvalue weighted by Gasteiger charge is 2.29. The summed E-state index contributed by atoms with van der Waals surface area (Å²) in [6, 6.07) is 14.6. The molecule has 7 nitrogen and oxygen atoms in total. The number of carbonyl (C=O) groups is 2. The molecule has 1 saturated heterocycles. The van der Waals surface area contributed by atoms with Gasteiger partial charge in [-0.2, -0.15) is 0 Å². The number of hydrogen-bond donors (Lipinski definition) is 1. The quantitative estimate of drug-likeness (QED) is 0.773. The Morgan fingerprint density at radius 1 is 1.03 bits per heavy atom. The van der Waals surface area contributed by atoms with Gasteiger partial charge in [-0.05, 0) is 68.3 Å². The van der Waals surface area contributed by atoms with E-state index in [0.29, 0.717) is 36.9 Å². The second kappa shape index (κ2) is 10.0. The number of piperidine rings is 1. The van der Waals surface area contributed by atoms with Crippen molar-refractivity contribution in [1.82, 2.24) is 9.80 Å². The summed E-state index contributed by atoms with van der Waals surface area (Å²) in [6.45, 7) is 3.71. The summed E-state index contributed by atoms with van der Waals surface area (Å²) in [6.07, 6.45) is 1.61. The molecule has 3 rings (SSSR count). The fraction of sp³-hybridized carbons (Fsp3) is 0.391. The Kier molecular flexibility index (Phi) is 7.17. The number of rotatable bonds is 6. The van der Waals surface area contributed by atoms with E-state index >= 15 is 0 Å². The zero-order valence-corrected chi connectivity index (χ0v) is 17.8. The molecule has 0 saturated carbocycles. The zero-order valence-electron chi connectivity index (χ0n) is 17.8. The standard InChI is InChI=1S/C23H29N3O4/c1-4-29-19-11-13-21(14-12-19)30-20-9-7-18(8-10-20)24-22(27)17-6-5-15-26(16-17)23(28)25(2)3/h7-14,17H,4-6,15-16H2,1-3H3,(H,24,27). The van der Waals surface area contributed by atoms with Crippen molar-refractivity contribution in [1.29, 1.82) is 0 Å². The van der Waals surface area contributed by atoms with Crippen LogP contribution in [0.4, 0.5) is 10.5 Å². The number of ether oxygens (including phenoxy) is 2. The van der Waals surface area contributed by atoms with Crippen LogP contribution >= 0.6 is 0 Å². The maximum Gasteiger partial charge on any atom is 0.319 e. The van der Waals surface area contributed by atoms with Crippen molar-refractivity contribution in [2.24, 2.45) is 5.92 Å². The molecule has 0 aromatic heterocycles. The molecule has 30 heavy (non-hydrogen) atoms. The summed E-state index contributed by atoms with van der Waals surface area (Å²) in [5.74, 6) is 1.92. The van der Waals surface area contributed by atoms with E-state index in [2.05, 4.69) is 5.32 Å². The van der Waals surface area contributed by atoms with Crippen molar-refractivity contribution in [3.8, 4) is 17.2 Å². The number of hydrogen-bond acceptors (Lipinski definition) is 4. The molecule has 2 aromatic rings. The lowest BCUT2D eigenvalue weighted by Gasteiger charge is -2.33. The van der Waals surface area contributed by atoms with E-state index in [-0.39, 0.29) is 17.9 Å². The zero-order chi connectivity index (χ0) is 21.5. The third-order valence-electron chi connectivity index (χ3n) is 4.94. The lowest BCUT2D eigenvalue weighted by atomic mass is 9.97. The summed E-state index contributed by atoms with van der Waals surface area (Å²) in [5, 5.41) is 2.95. The van der Waals surface area contributed by atoms with Crippen LogP contribution in [-0.4, -0.2) is 55.5 Å². The van der Waals surface area contributed by atoms with Crippen LogP contribution in [0.15, 0.2) is 48.5 Å². The molecule has 1 aliphatic rings. The van der Waals surface area contributed by atoms with Crippen molar-refractivity contribution in [3.05, 3.63) is 48.5 Å². The molecule has 0 spiro atoms. The number of carbonyl (C=O) groups excluding carboxylic acids is 2. The third kappa shape index (κ3) is 5.65. The number of urea groups is 1. The first-order chi connectivity index (χ1) is 14.5. The normalized spacial score (nSPS) is 16.0. The maximum absolute atomic E-state index is 12.7. The second-order valence-electron chi connectivity index (χ2n) is 7.48. The van der Waals surface area contributed by atoms with E-state index in [9.17, 15) is 9.59 Å². The Morgan fingerprint density at radius 2 is 1.63 bits per heavy atom. The molecule has 1 aliphatic heterocycles. The molecule has 1 heterocycles. The van der Waals surface area contributed by atoms with E-state index in [0.717, 1.165) is 18.6 Å². The minimum Gasteiger partial charge on any atom is -0.494 e. The first-order valence-electron chi connectivity index (χ1n) is 10.2. The van der Waals surface area contributed by atoms with Gasteiger partial charge in [0.15, 0.2) is 0 Å². The summed E-state index contributed by atoms with van der Waals surface area (Å²) >= 11 is 0. The fourth-order valence-electron chi connectivity index (χ4n) is 3.41. The van der Waals surface area contributed by atoms with Crippen LogP contribution in [0.25, 0.3) is 0 Å². The number of nitrogens with zero attached hydrogens (tertiary/aromatic N) is 2. The van der Waals surface area contributed by atoms with Crippen LogP contribution in [0, 0.1) is 5.92 Å². The number of likely N-dealkylation sites (tertiary alicyclic amines) is 1. The molecule has 1 N–H and O–H groups in total. The van der Waals surface area contributed by atoms with Gasteiger partial charge in [-0.1, -0.05) is 0 Å². The van der Waals surface area contributed by atoms with E-state index in [1.807, 2.05) is 55.5 Å². The van der Waals surface area contributed by atoms with Crippen LogP contribution in [0.1, 0.15) is 19.8 Å². The van der Waals surface area contributed by atoms with Crippen LogP contribution in [-0.2, 0) is 4.79 Å². The summed E-state index contributed by atoms with van der Waals surface area (Å²) in [5.41, 5.74) is 0.704. The van der Waals surface area contributed by atoms with Crippen LogP contribution in [0.2, 0.25) is 0 Å². The fourth-order valence-corrected chi connectivity index (χ4v) is 3.41. The summed E-state index contributed by atoms with van der Waals surface area (Å²) < 4.78 is 11.3. The van der Waals surface area contributed by atoms with E-state index in [1.54, 1.807) is 23.9 Å². The Morgan fingerprint density at radius 3 is 2.23 bits per heavy atom. The minimum absolute atomic E-state index is 0.0525. The van der Waals surface area contributed by atoms with E-state index in [4.69, 9.17) is 9.47 Å². The number of nitrogens with one attached hydrogen (secondary N) is 1. The van der Waals surface area contributed by atoms with Crippen molar-refractivity contribution in [2.45, 2.75) is 19.8 Å². The predicted molar refractivity (Wildman–Crippen MR) is 116 cm³/mol. The Labute approximate surface area is 177 Å². The average Bonchev–Trinajstić information content (AvgIpc) is 2.76. The maximum atomic E-state index is 12.7. The van der Waals surface area contributed by atoms with E-state index in [1.165, 1.54) is 0 Å². The highest BCUT2D eigenvalue weighted by Crippen LogP contribution is 2.26. The summed E-state index contributed by atoms with van der Waals surface area (Å²) in [4.78, 5) is 28.1. The smallest absolute Gasteiger partial charge is 0.319 e. The van der Waals surface area contributed by atoms with Crippen molar-refractivity contribution in [3.63, 3.8) is 0 Å². The van der Waals surface area contributed by atoms with Gasteiger partial charge >= 0.3 is 6.03 Å². The lowest BCUT2D eigenvalue weighted by Crippen LogP contribution is -2.47. The summed E-state index contributed by atoms with van der Waals surface area (Å²) in [7, 11) is 3.45. The topological polar surface area (TPSA) is 71.1 Å². The largest absolute Gasteiger partial charge is 0.494 e. The van der Waals surface area contributed by atoms with Crippen LogP contribution in [0.5, 0.6) is 17.2 Å². The SMILES string of the molecule is CCOc1ccc(Oc2ccc(NC(=O)C3CCCN(C(=O)N(C)C)C3)cc2)cc1. The molecule has 2 aromatic carbocycles. The number of anilines is 1. The number of benzene rings is 2. The Balaban J connectivity index is 1.54. The molecule has 1 fully saturated rings. The molecule has 1 atom stereocenters. The van der Waals surface area contributed by atoms with Gasteiger partial charge in [0.25, 0.3) is 0 Å². The Hall–Kier alpha value is -3.22. The van der Waals surface area contributed by atoms with Gasteiger partial charge in [0, 0.05) is 32.9 Å². The van der Waals surface area contributed by atoms with Gasteiger partial charge < -0.3 is 24.6 Å². The number of amides is 3. The molecule has 0 bridgehead atoms. The lowest BCUT2D eigenvalue weighted by molar-refractivity contribution is -0.121. The van der Waals surface area contributed by atoms with Gasteiger partial charge in [-0.3, -0.25) is 4.79 Å². The molecular weight excluding hydrogens is 382 g/mol. The molecule has 1 unspecified atom stereocenters. The molecular formula is C23H29N3O4. The first kappa shape index (κ1) is 21.5. The third-order valence-corrected chi connectivity index (χ3v) is 4.94. The molecule has 160 valence electrons. The van der Waals surface area contributed by atoms with Gasteiger partial charge in [0.2, 0.25) is 5.91 Å². The van der Waals surface area contributed by atoms with Gasteiger partial charge in [0.1, 0.15) is 17.2 Å². The first-order valence-corrected chi connectivity index (χ1v) is 10.2.